The van der Waals surface area contributed by atoms with E-state index in [-0.39, 0.29) is 30.2 Å². The third kappa shape index (κ3) is 7.44. The van der Waals surface area contributed by atoms with E-state index in [9.17, 15) is 9.59 Å². The SMILES string of the molecule is C[C@H](C(=O)NC1CCCCC1)N(Cc1c(Cl)cccc1Cl)C(=O)CSCc1c(Cl)cccc1Cl. The molecule has 2 amide bonds. The average molecular weight is 562 g/mol. The van der Waals surface area contributed by atoms with Crippen LogP contribution in [0.4, 0.5) is 0 Å². The van der Waals surface area contributed by atoms with Crippen LogP contribution >= 0.6 is 58.2 Å². The topological polar surface area (TPSA) is 49.4 Å². The monoisotopic (exact) mass is 560 g/mol. The van der Waals surface area contributed by atoms with Crippen LogP contribution in [-0.2, 0) is 21.9 Å². The van der Waals surface area contributed by atoms with E-state index in [1.807, 2.05) is 0 Å². The molecule has 0 heterocycles. The van der Waals surface area contributed by atoms with Gasteiger partial charge in [-0.15, -0.1) is 11.8 Å². The van der Waals surface area contributed by atoms with Crippen LogP contribution in [0.25, 0.3) is 0 Å². The van der Waals surface area contributed by atoms with Crippen molar-refractivity contribution in [1.29, 1.82) is 0 Å². The Morgan fingerprint density at radius 2 is 1.47 bits per heavy atom. The summed E-state index contributed by atoms with van der Waals surface area (Å²) in [7, 11) is 0. The molecule has 0 unspecified atom stereocenters. The summed E-state index contributed by atoms with van der Waals surface area (Å²) in [6.07, 6.45) is 5.36. The first-order chi connectivity index (χ1) is 16.3. The quantitative estimate of drug-likeness (QED) is 0.347. The number of carbonyl (C=O) groups excluding carboxylic acids is 2. The van der Waals surface area contributed by atoms with E-state index in [4.69, 9.17) is 46.4 Å². The smallest absolute Gasteiger partial charge is 0.242 e. The van der Waals surface area contributed by atoms with Gasteiger partial charge in [0.25, 0.3) is 0 Å². The first-order valence-electron chi connectivity index (χ1n) is 11.3. The Kier molecular flexibility index (Phi) is 10.7. The van der Waals surface area contributed by atoms with Gasteiger partial charge in [0.05, 0.1) is 5.75 Å². The molecule has 0 bridgehead atoms. The van der Waals surface area contributed by atoms with Crippen molar-refractivity contribution in [3.05, 3.63) is 67.6 Å². The first kappa shape index (κ1) is 27.5. The Balaban J connectivity index is 1.73. The van der Waals surface area contributed by atoms with Crippen LogP contribution in [0.5, 0.6) is 0 Å². The maximum absolute atomic E-state index is 13.3. The number of carbonyl (C=O) groups is 2. The third-order valence-electron chi connectivity index (χ3n) is 6.04. The van der Waals surface area contributed by atoms with E-state index in [0.29, 0.717) is 31.4 Å². The lowest BCUT2D eigenvalue weighted by molar-refractivity contribution is -0.139. The van der Waals surface area contributed by atoms with Crippen LogP contribution in [0.1, 0.15) is 50.2 Å². The minimum absolute atomic E-state index is 0.143. The van der Waals surface area contributed by atoms with Crippen molar-refractivity contribution in [2.75, 3.05) is 5.75 Å². The first-order valence-corrected chi connectivity index (χ1v) is 14.0. The minimum atomic E-state index is -0.675. The summed E-state index contributed by atoms with van der Waals surface area (Å²) in [4.78, 5) is 28.0. The van der Waals surface area contributed by atoms with Gasteiger partial charge in [-0.2, -0.15) is 0 Å². The second-order valence-corrected chi connectivity index (χ2v) is 11.0. The summed E-state index contributed by atoms with van der Waals surface area (Å²) < 4.78 is 0. The molecular weight excluding hydrogens is 534 g/mol. The second-order valence-electron chi connectivity index (χ2n) is 8.43. The Morgan fingerprint density at radius 1 is 0.941 bits per heavy atom. The lowest BCUT2D eigenvalue weighted by Gasteiger charge is -2.31. The van der Waals surface area contributed by atoms with E-state index >= 15 is 0 Å². The highest BCUT2D eigenvalue weighted by molar-refractivity contribution is 7.99. The fraction of sp³-hybridized carbons (Fsp3) is 0.440. The highest BCUT2D eigenvalue weighted by atomic mass is 35.5. The van der Waals surface area contributed by atoms with E-state index in [2.05, 4.69) is 5.32 Å². The van der Waals surface area contributed by atoms with E-state index in [1.165, 1.54) is 18.2 Å². The molecule has 9 heteroatoms. The van der Waals surface area contributed by atoms with Gasteiger partial charge in [0, 0.05) is 44.0 Å². The fourth-order valence-corrected chi connectivity index (χ4v) is 6.16. The second kappa shape index (κ2) is 13.3. The van der Waals surface area contributed by atoms with Gasteiger partial charge < -0.3 is 10.2 Å². The van der Waals surface area contributed by atoms with Gasteiger partial charge in [-0.3, -0.25) is 9.59 Å². The van der Waals surface area contributed by atoms with Gasteiger partial charge in [-0.1, -0.05) is 77.8 Å². The van der Waals surface area contributed by atoms with Crippen LogP contribution in [0.15, 0.2) is 36.4 Å². The Morgan fingerprint density at radius 3 is 2.03 bits per heavy atom. The zero-order chi connectivity index (χ0) is 24.7. The molecule has 184 valence electrons. The zero-order valence-corrected chi connectivity index (χ0v) is 22.8. The molecule has 1 aliphatic carbocycles. The van der Waals surface area contributed by atoms with E-state index < -0.39 is 6.04 Å². The Labute approximate surface area is 225 Å². The van der Waals surface area contributed by atoms with Crippen molar-refractivity contribution in [2.45, 2.75) is 63.4 Å². The molecule has 0 aromatic heterocycles. The van der Waals surface area contributed by atoms with Crippen LogP contribution in [0.2, 0.25) is 20.1 Å². The number of hydrogen-bond acceptors (Lipinski definition) is 3. The molecule has 2 aromatic carbocycles. The normalized spacial score (nSPS) is 15.1. The summed E-state index contributed by atoms with van der Waals surface area (Å²) in [5, 5.41) is 5.17. The van der Waals surface area contributed by atoms with Gasteiger partial charge in [0.2, 0.25) is 11.8 Å². The molecule has 1 aliphatic rings. The number of halogens is 4. The fourth-order valence-electron chi connectivity index (χ4n) is 4.00. The predicted octanol–water partition coefficient (Wildman–Crippen LogP) is 7.40. The molecule has 3 rings (SSSR count). The molecule has 0 spiro atoms. The van der Waals surface area contributed by atoms with Crippen LogP contribution in [0.3, 0.4) is 0 Å². The van der Waals surface area contributed by atoms with Crippen molar-refractivity contribution < 1.29 is 9.59 Å². The number of thioether (sulfide) groups is 1. The van der Waals surface area contributed by atoms with Gasteiger partial charge in [-0.25, -0.2) is 0 Å². The van der Waals surface area contributed by atoms with Gasteiger partial charge in [0.1, 0.15) is 6.04 Å². The highest BCUT2D eigenvalue weighted by Gasteiger charge is 2.29. The maximum atomic E-state index is 13.3. The Hall–Kier alpha value is -1.11. The molecule has 1 saturated carbocycles. The number of benzene rings is 2. The number of rotatable bonds is 9. The molecule has 1 fully saturated rings. The van der Waals surface area contributed by atoms with E-state index in [0.717, 1.165) is 31.2 Å². The van der Waals surface area contributed by atoms with Gasteiger partial charge in [-0.05, 0) is 49.6 Å². The van der Waals surface area contributed by atoms with Gasteiger partial charge in [0.15, 0.2) is 0 Å². The molecule has 0 aliphatic heterocycles. The van der Waals surface area contributed by atoms with Crippen molar-refractivity contribution >= 4 is 70.0 Å². The molecular formula is C25H28Cl4N2O2S. The predicted molar refractivity (Wildman–Crippen MR) is 144 cm³/mol. The average Bonchev–Trinajstić information content (AvgIpc) is 2.81. The molecule has 0 radical (unpaired) electrons. The number of amides is 2. The Bertz CT molecular complexity index is 974. The lowest BCUT2D eigenvalue weighted by atomic mass is 9.95. The van der Waals surface area contributed by atoms with Crippen LogP contribution in [0, 0.1) is 0 Å². The molecule has 4 nitrogen and oxygen atoms in total. The summed E-state index contributed by atoms with van der Waals surface area (Å²) in [5.41, 5.74) is 1.41. The van der Waals surface area contributed by atoms with Crippen LogP contribution in [-0.4, -0.2) is 34.6 Å². The minimum Gasteiger partial charge on any atom is -0.352 e. The van der Waals surface area contributed by atoms with Crippen molar-refractivity contribution in [3.8, 4) is 0 Å². The molecule has 2 aromatic rings. The molecule has 34 heavy (non-hydrogen) atoms. The number of hydrogen-bond donors (Lipinski definition) is 1. The van der Waals surface area contributed by atoms with Crippen molar-refractivity contribution in [1.82, 2.24) is 10.2 Å². The third-order valence-corrected chi connectivity index (χ3v) is 8.40. The summed E-state index contributed by atoms with van der Waals surface area (Å²) in [6.45, 7) is 1.89. The largest absolute Gasteiger partial charge is 0.352 e. The summed E-state index contributed by atoms with van der Waals surface area (Å²) in [6, 6.07) is 10.0. The van der Waals surface area contributed by atoms with E-state index in [1.54, 1.807) is 48.2 Å². The molecule has 1 atom stereocenters. The highest BCUT2D eigenvalue weighted by Crippen LogP contribution is 2.30. The van der Waals surface area contributed by atoms with Crippen molar-refractivity contribution in [2.24, 2.45) is 0 Å². The maximum Gasteiger partial charge on any atom is 0.242 e. The standard InChI is InChI=1S/C25H28Cl4N2O2S/c1-16(25(33)30-17-7-3-2-4-8-17)31(13-18-20(26)9-5-10-21(18)27)24(32)15-34-14-19-22(28)11-6-12-23(19)29/h5-6,9-12,16-17H,2-4,7-8,13-15H2,1H3,(H,30,33)/t16-/m1/s1. The molecule has 0 saturated heterocycles. The summed E-state index contributed by atoms with van der Waals surface area (Å²) >= 11 is 26.7. The van der Waals surface area contributed by atoms with Crippen molar-refractivity contribution in [3.63, 3.8) is 0 Å². The zero-order valence-electron chi connectivity index (χ0n) is 19.0. The number of nitrogens with one attached hydrogen (secondary N) is 1. The molecule has 1 N–H and O–H groups in total. The van der Waals surface area contributed by atoms with Crippen LogP contribution < -0.4 is 5.32 Å². The number of nitrogens with zero attached hydrogens (tertiary/aromatic N) is 1. The van der Waals surface area contributed by atoms with Gasteiger partial charge >= 0.3 is 0 Å². The lowest BCUT2D eigenvalue weighted by Crippen LogP contribution is -2.50. The summed E-state index contributed by atoms with van der Waals surface area (Å²) in [5.74, 6) is 0.288.